The van der Waals surface area contributed by atoms with Gasteiger partial charge in [0.05, 0.1) is 10.9 Å². The van der Waals surface area contributed by atoms with E-state index >= 15 is 0 Å². The van der Waals surface area contributed by atoms with Gasteiger partial charge >= 0.3 is 0 Å². The number of carbonyl (C=O) groups is 1. The topological polar surface area (TPSA) is 96.3 Å². The van der Waals surface area contributed by atoms with Crippen molar-refractivity contribution in [1.82, 2.24) is 24.5 Å². The third-order valence-electron chi connectivity index (χ3n) is 4.97. The van der Waals surface area contributed by atoms with Crippen LogP contribution in [0.2, 0.25) is 0 Å². The molecule has 27 heavy (non-hydrogen) atoms. The first-order valence-electron chi connectivity index (χ1n) is 9.07. The van der Waals surface area contributed by atoms with Crippen molar-refractivity contribution in [2.24, 2.45) is 7.05 Å². The first kappa shape index (κ1) is 18.1. The summed E-state index contributed by atoms with van der Waals surface area (Å²) in [6.07, 6.45) is 5.43. The summed E-state index contributed by atoms with van der Waals surface area (Å²) in [7, 11) is -1.91. The van der Waals surface area contributed by atoms with Gasteiger partial charge in [-0.2, -0.15) is 4.31 Å². The molecule has 0 spiro atoms. The average Bonchev–Trinajstić information content (AvgIpc) is 3.39. The molecule has 2 aromatic rings. The number of piperazine rings is 1. The zero-order valence-corrected chi connectivity index (χ0v) is 15.9. The van der Waals surface area contributed by atoms with E-state index in [0.29, 0.717) is 31.0 Å². The Kier molecular flexibility index (Phi) is 4.75. The second-order valence-corrected chi connectivity index (χ2v) is 8.90. The Morgan fingerprint density at radius 2 is 2.15 bits per heavy atom. The lowest BCUT2D eigenvalue weighted by Gasteiger charge is -2.34. The lowest BCUT2D eigenvalue weighted by atomic mass is 10.2. The quantitative estimate of drug-likeness (QED) is 0.783. The highest BCUT2D eigenvalue weighted by Gasteiger charge is 2.36. The van der Waals surface area contributed by atoms with Crippen molar-refractivity contribution in [2.75, 3.05) is 19.6 Å². The van der Waals surface area contributed by atoms with Crippen molar-refractivity contribution in [2.45, 2.75) is 29.8 Å². The van der Waals surface area contributed by atoms with Crippen LogP contribution in [-0.2, 0) is 17.1 Å². The third-order valence-corrected chi connectivity index (χ3v) is 6.87. The van der Waals surface area contributed by atoms with Crippen molar-refractivity contribution >= 4 is 15.9 Å². The molecule has 1 saturated heterocycles. The zero-order chi connectivity index (χ0) is 19.0. The molecule has 1 atom stereocenters. The van der Waals surface area contributed by atoms with Crippen molar-refractivity contribution in [1.29, 1.82) is 0 Å². The first-order chi connectivity index (χ1) is 13.0. The van der Waals surface area contributed by atoms with E-state index < -0.39 is 16.1 Å². The van der Waals surface area contributed by atoms with Gasteiger partial charge in [-0.3, -0.25) is 4.79 Å². The second kappa shape index (κ2) is 7.06. The van der Waals surface area contributed by atoms with Gasteiger partial charge < -0.3 is 15.2 Å². The monoisotopic (exact) mass is 389 g/mol. The Bertz CT molecular complexity index is 951. The summed E-state index contributed by atoms with van der Waals surface area (Å²) in [6, 6.07) is 6.09. The molecule has 0 bridgehead atoms. The molecular weight excluding hydrogens is 366 g/mol. The maximum Gasteiger partial charge on any atom is 0.251 e. The molecule has 4 rings (SSSR count). The highest BCUT2D eigenvalue weighted by Crippen LogP contribution is 2.28. The number of aromatic nitrogens is 2. The molecule has 1 aliphatic heterocycles. The number of sulfonamides is 1. The van der Waals surface area contributed by atoms with E-state index in [4.69, 9.17) is 0 Å². The minimum atomic E-state index is -3.76. The van der Waals surface area contributed by atoms with E-state index in [-0.39, 0.29) is 16.8 Å². The molecule has 2 heterocycles. The molecule has 1 aliphatic carbocycles. The number of imidazole rings is 1. The number of aryl methyl sites for hydroxylation is 1. The molecule has 2 fully saturated rings. The third kappa shape index (κ3) is 3.62. The molecule has 8 nitrogen and oxygen atoms in total. The standard InChI is InChI=1S/C18H23N5O3S/c1-22-9-8-20-17(22)16-12-19-7-10-23(16)27(25,26)15-4-2-3-13(11-15)18(24)21-14-5-6-14/h2-4,8-9,11,14,16,19H,5-7,10,12H2,1H3,(H,21,24). The summed E-state index contributed by atoms with van der Waals surface area (Å²) in [5.41, 5.74) is 0.367. The van der Waals surface area contributed by atoms with Gasteiger partial charge in [0.1, 0.15) is 5.82 Å². The highest BCUT2D eigenvalue weighted by molar-refractivity contribution is 7.89. The number of nitrogens with zero attached hydrogens (tertiary/aromatic N) is 3. The van der Waals surface area contributed by atoms with Crippen molar-refractivity contribution in [3.63, 3.8) is 0 Å². The summed E-state index contributed by atoms with van der Waals surface area (Å²) in [4.78, 5) is 16.8. The predicted molar refractivity (Wildman–Crippen MR) is 99.6 cm³/mol. The summed E-state index contributed by atoms with van der Waals surface area (Å²) in [5.74, 6) is 0.462. The fourth-order valence-electron chi connectivity index (χ4n) is 3.32. The number of hydrogen-bond acceptors (Lipinski definition) is 5. The van der Waals surface area contributed by atoms with Gasteiger partial charge in [-0.1, -0.05) is 6.07 Å². The summed E-state index contributed by atoms with van der Waals surface area (Å²) < 4.78 is 30.0. The summed E-state index contributed by atoms with van der Waals surface area (Å²) in [5, 5.41) is 6.13. The Morgan fingerprint density at radius 1 is 1.33 bits per heavy atom. The predicted octanol–water partition coefficient (Wildman–Crippen LogP) is 0.648. The number of carbonyl (C=O) groups excluding carboxylic acids is 1. The number of hydrogen-bond donors (Lipinski definition) is 2. The number of amides is 1. The van der Waals surface area contributed by atoms with Crippen LogP contribution in [0.3, 0.4) is 0 Å². The Hall–Kier alpha value is -2.23. The molecule has 2 aliphatic rings. The fourth-order valence-corrected chi connectivity index (χ4v) is 4.95. The minimum absolute atomic E-state index is 0.132. The lowest BCUT2D eigenvalue weighted by Crippen LogP contribution is -2.49. The van der Waals surface area contributed by atoms with Gasteiger partial charge in [-0.05, 0) is 31.0 Å². The number of rotatable bonds is 5. The molecule has 144 valence electrons. The smallest absolute Gasteiger partial charge is 0.251 e. The van der Waals surface area contributed by atoms with Crippen LogP contribution in [0.4, 0.5) is 0 Å². The van der Waals surface area contributed by atoms with Crippen LogP contribution in [0, 0.1) is 0 Å². The van der Waals surface area contributed by atoms with E-state index in [2.05, 4.69) is 15.6 Å². The van der Waals surface area contributed by atoms with Gasteiger partial charge in [0.25, 0.3) is 5.91 Å². The van der Waals surface area contributed by atoms with E-state index in [1.165, 1.54) is 10.4 Å². The van der Waals surface area contributed by atoms with Gasteiger partial charge in [-0.25, -0.2) is 13.4 Å². The van der Waals surface area contributed by atoms with Crippen LogP contribution in [0.1, 0.15) is 35.1 Å². The lowest BCUT2D eigenvalue weighted by molar-refractivity contribution is 0.0951. The molecular formula is C18H23N5O3S. The molecule has 9 heteroatoms. The van der Waals surface area contributed by atoms with E-state index in [1.807, 2.05) is 11.6 Å². The molecule has 1 amide bonds. The van der Waals surface area contributed by atoms with Crippen LogP contribution in [0.15, 0.2) is 41.6 Å². The van der Waals surface area contributed by atoms with Crippen LogP contribution in [0.25, 0.3) is 0 Å². The van der Waals surface area contributed by atoms with Gasteiger partial charge in [-0.15, -0.1) is 0 Å². The van der Waals surface area contributed by atoms with E-state index in [9.17, 15) is 13.2 Å². The largest absolute Gasteiger partial charge is 0.349 e. The molecule has 1 saturated carbocycles. The Labute approximate surface area is 158 Å². The molecule has 1 unspecified atom stereocenters. The summed E-state index contributed by atoms with van der Waals surface area (Å²) in [6.45, 7) is 1.41. The Balaban J connectivity index is 1.65. The van der Waals surface area contributed by atoms with Crippen molar-refractivity contribution in [3.05, 3.63) is 48.0 Å². The number of nitrogens with one attached hydrogen (secondary N) is 2. The highest BCUT2D eigenvalue weighted by atomic mass is 32.2. The molecule has 1 aromatic carbocycles. The second-order valence-electron chi connectivity index (χ2n) is 7.01. The van der Waals surface area contributed by atoms with E-state index in [1.54, 1.807) is 30.6 Å². The maximum atomic E-state index is 13.3. The van der Waals surface area contributed by atoms with E-state index in [0.717, 1.165) is 12.8 Å². The summed E-state index contributed by atoms with van der Waals surface area (Å²) >= 11 is 0. The SMILES string of the molecule is Cn1ccnc1C1CNCCN1S(=O)(=O)c1cccc(C(=O)NC2CC2)c1. The van der Waals surface area contributed by atoms with Gasteiger partial charge in [0.15, 0.2) is 0 Å². The van der Waals surface area contributed by atoms with Crippen LogP contribution >= 0.6 is 0 Å². The maximum absolute atomic E-state index is 13.3. The van der Waals surface area contributed by atoms with Crippen LogP contribution in [-0.4, -0.2) is 53.9 Å². The molecule has 2 N–H and O–H groups in total. The number of benzene rings is 1. The zero-order valence-electron chi connectivity index (χ0n) is 15.1. The van der Waals surface area contributed by atoms with Crippen molar-refractivity contribution < 1.29 is 13.2 Å². The average molecular weight is 389 g/mol. The molecule has 0 radical (unpaired) electrons. The first-order valence-corrected chi connectivity index (χ1v) is 10.5. The van der Waals surface area contributed by atoms with Gasteiger partial charge in [0, 0.05) is 50.7 Å². The molecule has 1 aromatic heterocycles. The Morgan fingerprint density at radius 3 is 2.85 bits per heavy atom. The normalized spacial score (nSPS) is 21.1. The van der Waals surface area contributed by atoms with Crippen molar-refractivity contribution in [3.8, 4) is 0 Å². The van der Waals surface area contributed by atoms with Crippen LogP contribution < -0.4 is 10.6 Å². The van der Waals surface area contributed by atoms with Gasteiger partial charge in [0.2, 0.25) is 10.0 Å². The fraction of sp³-hybridized carbons (Fsp3) is 0.444. The van der Waals surface area contributed by atoms with Crippen LogP contribution in [0.5, 0.6) is 0 Å². The minimum Gasteiger partial charge on any atom is -0.349 e.